The van der Waals surface area contributed by atoms with Crippen molar-refractivity contribution in [3.8, 4) is 22.6 Å². The van der Waals surface area contributed by atoms with E-state index in [1.54, 1.807) is 17.9 Å². The van der Waals surface area contributed by atoms with E-state index in [0.717, 1.165) is 28.0 Å². The molecule has 5 aromatic rings. The highest BCUT2D eigenvalue weighted by molar-refractivity contribution is 6.14. The molecule has 0 bridgehead atoms. The molecule has 4 aromatic carbocycles. The van der Waals surface area contributed by atoms with E-state index in [-0.39, 0.29) is 5.56 Å². The lowest BCUT2D eigenvalue weighted by Gasteiger charge is -2.14. The van der Waals surface area contributed by atoms with Gasteiger partial charge < -0.3 is 4.74 Å². The Morgan fingerprint density at radius 2 is 1.31 bits per heavy atom. The van der Waals surface area contributed by atoms with Crippen LogP contribution in [0.3, 0.4) is 0 Å². The molecule has 4 heteroatoms. The van der Waals surface area contributed by atoms with Crippen LogP contribution >= 0.6 is 0 Å². The molecule has 0 aliphatic rings. The fourth-order valence-corrected chi connectivity index (χ4v) is 4.05. The van der Waals surface area contributed by atoms with Crippen molar-refractivity contribution < 1.29 is 4.74 Å². The fourth-order valence-electron chi connectivity index (χ4n) is 4.05. The Bertz CT molecular complexity index is 1480. The first-order chi connectivity index (χ1) is 17.2. The molecule has 0 aliphatic heterocycles. The number of benzene rings is 4. The zero-order valence-electron chi connectivity index (χ0n) is 19.3. The lowest BCUT2D eigenvalue weighted by atomic mass is 10.0. The Kier molecular flexibility index (Phi) is 6.35. The molecule has 4 nitrogen and oxygen atoms in total. The molecular formula is C31H24N2O2. The molecule has 5 rings (SSSR count). The molecule has 0 unspecified atom stereocenters. The first-order valence-electron chi connectivity index (χ1n) is 11.4. The van der Waals surface area contributed by atoms with Crippen molar-refractivity contribution >= 4 is 11.4 Å². The molecular weight excluding hydrogens is 432 g/mol. The van der Waals surface area contributed by atoms with Crippen molar-refractivity contribution in [2.45, 2.75) is 0 Å². The van der Waals surface area contributed by atoms with Crippen LogP contribution in [0.15, 0.2) is 137 Å². The Morgan fingerprint density at radius 1 is 0.714 bits per heavy atom. The molecule has 170 valence electrons. The first-order valence-corrected chi connectivity index (χ1v) is 11.4. The number of rotatable bonds is 6. The predicted octanol–water partition coefficient (Wildman–Crippen LogP) is 6.68. The fraction of sp³-hybridized carbons (Fsp3) is 0.0323. The van der Waals surface area contributed by atoms with Gasteiger partial charge in [0, 0.05) is 29.0 Å². The van der Waals surface area contributed by atoms with E-state index in [0.29, 0.717) is 17.1 Å². The lowest BCUT2D eigenvalue weighted by molar-refractivity contribution is 0.414. The van der Waals surface area contributed by atoms with Gasteiger partial charge in [0.1, 0.15) is 11.4 Å². The number of hydrogen-bond donors (Lipinski definition) is 0. The van der Waals surface area contributed by atoms with Crippen molar-refractivity contribution in [1.82, 2.24) is 4.57 Å². The zero-order valence-corrected chi connectivity index (χ0v) is 19.3. The summed E-state index contributed by atoms with van der Waals surface area (Å²) in [6, 6.07) is 39.2. The topological polar surface area (TPSA) is 43.6 Å². The van der Waals surface area contributed by atoms with Gasteiger partial charge in [-0.25, -0.2) is 4.99 Å². The maximum atomic E-state index is 14.0. The Hall–Kier alpha value is -4.70. The van der Waals surface area contributed by atoms with Crippen molar-refractivity contribution in [3.05, 3.63) is 149 Å². The third kappa shape index (κ3) is 4.68. The van der Waals surface area contributed by atoms with Gasteiger partial charge in [0.2, 0.25) is 0 Å². The van der Waals surface area contributed by atoms with Crippen LogP contribution in [0.4, 0.5) is 5.69 Å². The minimum Gasteiger partial charge on any atom is -0.497 e. The van der Waals surface area contributed by atoms with Gasteiger partial charge >= 0.3 is 0 Å². The lowest BCUT2D eigenvalue weighted by Crippen LogP contribution is -2.19. The molecule has 0 radical (unpaired) electrons. The summed E-state index contributed by atoms with van der Waals surface area (Å²) in [5, 5.41) is 0. The number of nitrogens with zero attached hydrogens (tertiary/aromatic N) is 2. The number of aromatic nitrogens is 1. The van der Waals surface area contributed by atoms with Crippen molar-refractivity contribution in [2.24, 2.45) is 4.99 Å². The average molecular weight is 457 g/mol. The van der Waals surface area contributed by atoms with Gasteiger partial charge in [-0.15, -0.1) is 0 Å². The third-order valence-electron chi connectivity index (χ3n) is 5.80. The summed E-state index contributed by atoms with van der Waals surface area (Å²) in [5.74, 6) is 0.681. The summed E-state index contributed by atoms with van der Waals surface area (Å²) in [5.41, 5.74) is 5.21. The van der Waals surface area contributed by atoms with E-state index in [1.807, 2.05) is 121 Å². The summed E-state index contributed by atoms with van der Waals surface area (Å²) < 4.78 is 6.99. The maximum absolute atomic E-state index is 14.0. The average Bonchev–Trinajstić information content (AvgIpc) is 2.93. The molecule has 0 atom stereocenters. The van der Waals surface area contributed by atoms with E-state index in [1.165, 1.54) is 0 Å². The molecule has 0 saturated carbocycles. The summed E-state index contributed by atoms with van der Waals surface area (Å²) in [6.07, 6.45) is 1.79. The van der Waals surface area contributed by atoms with Gasteiger partial charge in [0.25, 0.3) is 5.56 Å². The minimum absolute atomic E-state index is 0.205. The second kappa shape index (κ2) is 10.1. The van der Waals surface area contributed by atoms with E-state index in [4.69, 9.17) is 9.73 Å². The number of ether oxygens (including phenoxy) is 1. The van der Waals surface area contributed by atoms with Gasteiger partial charge in [-0.1, -0.05) is 97.1 Å². The Labute approximate surface area is 204 Å². The van der Waals surface area contributed by atoms with Crippen LogP contribution in [0.5, 0.6) is 5.75 Å². The molecule has 0 N–H and O–H groups in total. The second-order valence-electron chi connectivity index (χ2n) is 8.01. The molecule has 1 heterocycles. The Morgan fingerprint density at radius 3 is 1.91 bits per heavy atom. The Balaban J connectivity index is 1.79. The van der Waals surface area contributed by atoms with Crippen molar-refractivity contribution in [1.29, 1.82) is 0 Å². The van der Waals surface area contributed by atoms with Crippen LogP contribution in [0.25, 0.3) is 16.8 Å². The van der Waals surface area contributed by atoms with Crippen LogP contribution in [-0.2, 0) is 0 Å². The first kappa shape index (κ1) is 22.1. The molecule has 35 heavy (non-hydrogen) atoms. The van der Waals surface area contributed by atoms with Gasteiger partial charge in [-0.3, -0.25) is 9.36 Å². The van der Waals surface area contributed by atoms with Crippen molar-refractivity contribution in [3.63, 3.8) is 0 Å². The van der Waals surface area contributed by atoms with Gasteiger partial charge in [-0.05, 0) is 23.8 Å². The largest absolute Gasteiger partial charge is 0.497 e. The summed E-state index contributed by atoms with van der Waals surface area (Å²) >= 11 is 0. The van der Waals surface area contributed by atoms with Gasteiger partial charge in [0.15, 0.2) is 0 Å². The summed E-state index contributed by atoms with van der Waals surface area (Å²) in [4.78, 5) is 19.0. The SMILES string of the molecule is COc1cccc(-n2ccc(-c3ccccc3)c(N=C(c3ccccc3)c3ccccc3)c2=O)c1. The van der Waals surface area contributed by atoms with E-state index in [2.05, 4.69) is 0 Å². The standard InChI is InChI=1S/C31H24N2O2/c1-35-27-19-11-18-26(22-27)33-21-20-28(23-12-5-2-6-13-23)30(31(33)34)32-29(24-14-7-3-8-15-24)25-16-9-4-10-17-25/h2-22H,1H3. The minimum atomic E-state index is -0.205. The normalized spacial score (nSPS) is 10.5. The highest BCUT2D eigenvalue weighted by Gasteiger charge is 2.16. The number of methoxy groups -OCH3 is 1. The summed E-state index contributed by atoms with van der Waals surface area (Å²) in [7, 11) is 1.61. The summed E-state index contributed by atoms with van der Waals surface area (Å²) in [6.45, 7) is 0. The molecule has 0 amide bonds. The second-order valence-corrected chi connectivity index (χ2v) is 8.01. The quantitative estimate of drug-likeness (QED) is 0.267. The number of hydrogen-bond acceptors (Lipinski definition) is 3. The number of pyridine rings is 1. The third-order valence-corrected chi connectivity index (χ3v) is 5.80. The molecule has 0 saturated heterocycles. The molecule has 0 aliphatic carbocycles. The smallest absolute Gasteiger partial charge is 0.281 e. The van der Waals surface area contributed by atoms with E-state index < -0.39 is 0 Å². The van der Waals surface area contributed by atoms with Crippen LogP contribution in [-0.4, -0.2) is 17.4 Å². The van der Waals surface area contributed by atoms with Crippen LogP contribution < -0.4 is 10.3 Å². The van der Waals surface area contributed by atoms with E-state index >= 15 is 0 Å². The molecule has 0 spiro atoms. The van der Waals surface area contributed by atoms with Gasteiger partial charge in [-0.2, -0.15) is 0 Å². The highest BCUT2D eigenvalue weighted by Crippen LogP contribution is 2.29. The molecule has 0 fully saturated rings. The van der Waals surface area contributed by atoms with Crippen LogP contribution in [0, 0.1) is 0 Å². The van der Waals surface area contributed by atoms with Crippen LogP contribution in [0.2, 0.25) is 0 Å². The molecule has 1 aromatic heterocycles. The maximum Gasteiger partial charge on any atom is 0.281 e. The van der Waals surface area contributed by atoms with Crippen molar-refractivity contribution in [2.75, 3.05) is 7.11 Å². The monoisotopic (exact) mass is 456 g/mol. The zero-order chi connectivity index (χ0) is 24.0. The van der Waals surface area contributed by atoms with E-state index in [9.17, 15) is 4.79 Å². The highest BCUT2D eigenvalue weighted by atomic mass is 16.5. The van der Waals surface area contributed by atoms with Gasteiger partial charge in [0.05, 0.1) is 18.5 Å². The van der Waals surface area contributed by atoms with Crippen LogP contribution in [0.1, 0.15) is 11.1 Å². The number of aliphatic imine (C=N–C) groups is 1. The predicted molar refractivity (Wildman–Crippen MR) is 142 cm³/mol.